The fraction of sp³-hybridized carbons (Fsp3) is 0.579. The van der Waals surface area contributed by atoms with Crippen LogP contribution in [0.5, 0.6) is 0 Å². The smallest absolute Gasteiger partial charge is 0.256 e. The number of rotatable bonds is 3. The third-order valence-electron chi connectivity index (χ3n) is 5.64. The molecule has 0 unspecified atom stereocenters. The van der Waals surface area contributed by atoms with E-state index in [0.717, 1.165) is 19.4 Å². The topological polar surface area (TPSA) is 70.7 Å². The first kappa shape index (κ1) is 17.4. The highest BCUT2D eigenvalue weighted by molar-refractivity contribution is 5.94. The highest BCUT2D eigenvalue weighted by Crippen LogP contribution is 2.25. The van der Waals surface area contributed by atoms with Crippen LogP contribution in [0.1, 0.15) is 36.0 Å². The SMILES string of the molecule is O=C(NC1CCN(C(=O)c2ccccc2F)CC1)[C@@H]1C[C@@H]2OCC[C@@H]2N1. The molecule has 0 aliphatic carbocycles. The summed E-state index contributed by atoms with van der Waals surface area (Å²) >= 11 is 0. The Labute approximate surface area is 152 Å². The molecule has 2 amide bonds. The number of hydrogen-bond acceptors (Lipinski definition) is 4. The molecule has 0 spiro atoms. The van der Waals surface area contributed by atoms with Gasteiger partial charge in [-0.1, -0.05) is 12.1 Å². The van der Waals surface area contributed by atoms with Crippen LogP contribution in [0.25, 0.3) is 0 Å². The summed E-state index contributed by atoms with van der Waals surface area (Å²) in [5, 5.41) is 6.45. The lowest BCUT2D eigenvalue weighted by Crippen LogP contribution is -2.51. The van der Waals surface area contributed by atoms with Crippen molar-refractivity contribution in [1.29, 1.82) is 0 Å². The normalized spacial score (nSPS) is 28.8. The zero-order valence-electron chi connectivity index (χ0n) is 14.6. The van der Waals surface area contributed by atoms with Crippen LogP contribution >= 0.6 is 0 Å². The number of likely N-dealkylation sites (tertiary alicyclic amines) is 1. The summed E-state index contributed by atoms with van der Waals surface area (Å²) in [7, 11) is 0. The van der Waals surface area contributed by atoms with Gasteiger partial charge in [0.05, 0.1) is 17.7 Å². The maximum atomic E-state index is 13.8. The first-order chi connectivity index (χ1) is 12.6. The molecule has 2 N–H and O–H groups in total. The largest absolute Gasteiger partial charge is 0.376 e. The Morgan fingerprint density at radius 2 is 1.96 bits per heavy atom. The van der Waals surface area contributed by atoms with Gasteiger partial charge in [-0.05, 0) is 37.8 Å². The van der Waals surface area contributed by atoms with Crippen molar-refractivity contribution >= 4 is 11.8 Å². The third-order valence-corrected chi connectivity index (χ3v) is 5.64. The van der Waals surface area contributed by atoms with Crippen molar-refractivity contribution in [2.45, 2.75) is 49.9 Å². The molecule has 3 fully saturated rings. The fourth-order valence-electron chi connectivity index (χ4n) is 4.15. The molecule has 0 bridgehead atoms. The van der Waals surface area contributed by atoms with Crippen molar-refractivity contribution in [2.75, 3.05) is 19.7 Å². The number of nitrogens with one attached hydrogen (secondary N) is 2. The summed E-state index contributed by atoms with van der Waals surface area (Å²) < 4.78 is 19.4. The number of hydrogen-bond donors (Lipinski definition) is 2. The first-order valence-corrected chi connectivity index (χ1v) is 9.33. The van der Waals surface area contributed by atoms with Gasteiger partial charge in [0.2, 0.25) is 5.91 Å². The van der Waals surface area contributed by atoms with Gasteiger partial charge in [0.15, 0.2) is 0 Å². The molecule has 140 valence electrons. The Morgan fingerprint density at radius 1 is 1.19 bits per heavy atom. The lowest BCUT2D eigenvalue weighted by Gasteiger charge is -2.33. The molecule has 0 aromatic heterocycles. The summed E-state index contributed by atoms with van der Waals surface area (Å²) in [4.78, 5) is 26.6. The van der Waals surface area contributed by atoms with Gasteiger partial charge in [-0.3, -0.25) is 9.59 Å². The molecule has 6 nitrogen and oxygen atoms in total. The van der Waals surface area contributed by atoms with E-state index in [0.29, 0.717) is 32.0 Å². The minimum atomic E-state index is -0.493. The monoisotopic (exact) mass is 361 g/mol. The summed E-state index contributed by atoms with van der Waals surface area (Å²) in [6, 6.07) is 6.20. The van der Waals surface area contributed by atoms with Crippen LogP contribution in [-0.4, -0.2) is 60.6 Å². The van der Waals surface area contributed by atoms with Crippen molar-refractivity contribution in [3.63, 3.8) is 0 Å². The van der Waals surface area contributed by atoms with Gasteiger partial charge >= 0.3 is 0 Å². The first-order valence-electron chi connectivity index (χ1n) is 9.33. The Kier molecular flexibility index (Phi) is 4.91. The third kappa shape index (κ3) is 3.46. The van der Waals surface area contributed by atoms with Gasteiger partial charge < -0.3 is 20.3 Å². The molecule has 26 heavy (non-hydrogen) atoms. The molecule has 0 radical (unpaired) electrons. The van der Waals surface area contributed by atoms with Crippen LogP contribution < -0.4 is 10.6 Å². The molecule has 1 aromatic rings. The predicted octanol–water partition coefficient (Wildman–Crippen LogP) is 1.07. The van der Waals surface area contributed by atoms with E-state index in [9.17, 15) is 14.0 Å². The molecule has 0 saturated carbocycles. The molecule has 3 saturated heterocycles. The zero-order valence-corrected chi connectivity index (χ0v) is 14.6. The maximum absolute atomic E-state index is 13.8. The average Bonchev–Trinajstić information content (AvgIpc) is 3.24. The Morgan fingerprint density at radius 3 is 2.69 bits per heavy atom. The molecular formula is C19H24FN3O3. The van der Waals surface area contributed by atoms with E-state index in [1.165, 1.54) is 12.1 Å². The minimum absolute atomic E-state index is 0.0156. The van der Waals surface area contributed by atoms with Gasteiger partial charge in [-0.2, -0.15) is 0 Å². The number of benzene rings is 1. The van der Waals surface area contributed by atoms with Crippen LogP contribution in [0.2, 0.25) is 0 Å². The number of piperidine rings is 1. The minimum Gasteiger partial charge on any atom is -0.376 e. The van der Waals surface area contributed by atoms with Gasteiger partial charge in [0, 0.05) is 31.8 Å². The quantitative estimate of drug-likeness (QED) is 0.845. The van der Waals surface area contributed by atoms with Gasteiger partial charge in [0.25, 0.3) is 5.91 Å². The molecular weight excluding hydrogens is 337 g/mol. The number of fused-ring (bicyclic) bond motifs is 1. The number of ether oxygens (including phenoxy) is 1. The fourth-order valence-corrected chi connectivity index (χ4v) is 4.15. The molecule has 3 aliphatic heterocycles. The molecule has 1 aromatic carbocycles. The van der Waals surface area contributed by atoms with Crippen molar-refractivity contribution in [2.24, 2.45) is 0 Å². The number of amides is 2. The van der Waals surface area contributed by atoms with Crippen LogP contribution in [0.4, 0.5) is 4.39 Å². The predicted molar refractivity (Wildman–Crippen MR) is 93.2 cm³/mol. The summed E-state index contributed by atoms with van der Waals surface area (Å²) in [6.45, 7) is 1.81. The Bertz CT molecular complexity index is 678. The second-order valence-corrected chi connectivity index (χ2v) is 7.31. The van der Waals surface area contributed by atoms with Gasteiger partial charge in [0.1, 0.15) is 5.82 Å². The number of nitrogens with zero attached hydrogens (tertiary/aromatic N) is 1. The maximum Gasteiger partial charge on any atom is 0.256 e. The molecule has 3 atom stereocenters. The van der Waals surface area contributed by atoms with E-state index < -0.39 is 5.82 Å². The molecule has 3 heterocycles. The highest BCUT2D eigenvalue weighted by Gasteiger charge is 2.41. The summed E-state index contributed by atoms with van der Waals surface area (Å²) in [5.41, 5.74) is 0.108. The number of carbonyl (C=O) groups excluding carboxylic acids is 2. The van der Waals surface area contributed by atoms with E-state index in [1.807, 2.05) is 0 Å². The van der Waals surface area contributed by atoms with E-state index in [-0.39, 0.29) is 35.6 Å². The standard InChI is InChI=1S/C19H24FN3O3/c20-14-4-2-1-3-13(14)19(25)23-8-5-12(6-9-23)21-18(24)16-11-17-15(22-16)7-10-26-17/h1-4,12,15-17,22H,5-11H2,(H,21,24)/t15-,16-,17-/m0/s1. The van der Waals surface area contributed by atoms with Crippen molar-refractivity contribution < 1.29 is 18.7 Å². The lowest BCUT2D eigenvalue weighted by atomic mass is 10.0. The summed E-state index contributed by atoms with van der Waals surface area (Å²) in [6.07, 6.45) is 3.21. The van der Waals surface area contributed by atoms with E-state index in [1.54, 1.807) is 17.0 Å². The molecule has 7 heteroatoms. The molecule has 3 aliphatic rings. The lowest BCUT2D eigenvalue weighted by molar-refractivity contribution is -0.124. The highest BCUT2D eigenvalue weighted by atomic mass is 19.1. The van der Waals surface area contributed by atoms with E-state index in [2.05, 4.69) is 10.6 Å². The van der Waals surface area contributed by atoms with Gasteiger partial charge in [-0.25, -0.2) is 4.39 Å². The summed E-state index contributed by atoms with van der Waals surface area (Å²) in [5.74, 6) is -0.759. The Hall–Kier alpha value is -1.99. The van der Waals surface area contributed by atoms with Crippen LogP contribution in [0.3, 0.4) is 0 Å². The second kappa shape index (κ2) is 7.32. The van der Waals surface area contributed by atoms with Crippen LogP contribution in [0.15, 0.2) is 24.3 Å². The van der Waals surface area contributed by atoms with Gasteiger partial charge in [-0.15, -0.1) is 0 Å². The van der Waals surface area contributed by atoms with Crippen LogP contribution in [-0.2, 0) is 9.53 Å². The van der Waals surface area contributed by atoms with Crippen molar-refractivity contribution in [1.82, 2.24) is 15.5 Å². The van der Waals surface area contributed by atoms with Crippen LogP contribution in [0, 0.1) is 5.82 Å². The average molecular weight is 361 g/mol. The Balaban J connectivity index is 1.27. The van der Waals surface area contributed by atoms with Crippen molar-refractivity contribution in [3.05, 3.63) is 35.6 Å². The number of halogens is 1. The van der Waals surface area contributed by atoms with E-state index >= 15 is 0 Å². The zero-order chi connectivity index (χ0) is 18.1. The van der Waals surface area contributed by atoms with Crippen molar-refractivity contribution in [3.8, 4) is 0 Å². The number of carbonyl (C=O) groups is 2. The van der Waals surface area contributed by atoms with E-state index in [4.69, 9.17) is 4.74 Å². The molecule has 4 rings (SSSR count). The second-order valence-electron chi connectivity index (χ2n) is 7.31.